The summed E-state index contributed by atoms with van der Waals surface area (Å²) in [5.41, 5.74) is 2.48. The predicted molar refractivity (Wildman–Crippen MR) is 116 cm³/mol. The van der Waals surface area contributed by atoms with Crippen molar-refractivity contribution in [2.45, 2.75) is 6.92 Å². The first-order valence-electron chi connectivity index (χ1n) is 8.40. The van der Waals surface area contributed by atoms with Gasteiger partial charge in [0.1, 0.15) is 11.5 Å². The molecule has 140 valence electrons. The van der Waals surface area contributed by atoms with E-state index < -0.39 is 0 Å². The third kappa shape index (κ3) is 4.02. The van der Waals surface area contributed by atoms with E-state index in [1.807, 2.05) is 49.4 Å². The Bertz CT molecular complexity index is 1130. The van der Waals surface area contributed by atoms with E-state index in [9.17, 15) is 4.79 Å². The van der Waals surface area contributed by atoms with E-state index in [0.717, 1.165) is 11.1 Å². The Hall–Kier alpha value is -2.47. The van der Waals surface area contributed by atoms with Crippen LogP contribution in [-0.4, -0.2) is 11.1 Å². The third-order valence-corrected chi connectivity index (χ3v) is 5.72. The molecule has 2 heterocycles. The minimum Gasteiger partial charge on any atom is -0.457 e. The molecular weight excluding hydrogens is 415 g/mol. The van der Waals surface area contributed by atoms with Gasteiger partial charge >= 0.3 is 0 Å². The number of benzene rings is 2. The van der Waals surface area contributed by atoms with Crippen LogP contribution in [-0.2, 0) is 4.79 Å². The molecule has 1 fully saturated rings. The molecule has 1 aromatic heterocycles. The molecule has 2 aromatic carbocycles. The van der Waals surface area contributed by atoms with Crippen molar-refractivity contribution in [1.29, 1.82) is 0 Å². The highest BCUT2D eigenvalue weighted by Gasteiger charge is 2.24. The number of aryl methyl sites for hydroxylation is 1. The minimum absolute atomic E-state index is 0.230. The molecule has 0 atom stereocenters. The Morgan fingerprint density at radius 3 is 2.68 bits per heavy atom. The molecule has 0 bridgehead atoms. The Morgan fingerprint density at radius 1 is 1.07 bits per heavy atom. The van der Waals surface area contributed by atoms with Gasteiger partial charge in [0, 0.05) is 16.7 Å². The van der Waals surface area contributed by atoms with Gasteiger partial charge in [-0.3, -0.25) is 4.79 Å². The number of aliphatic imine (C=N–C) groups is 1. The van der Waals surface area contributed by atoms with Crippen LogP contribution in [0.15, 0.2) is 68.9 Å². The number of carbonyl (C=O) groups is 1. The van der Waals surface area contributed by atoms with Gasteiger partial charge in [-0.05, 0) is 54.6 Å². The number of nitrogens with zero attached hydrogens (tertiary/aromatic N) is 1. The lowest BCUT2D eigenvalue weighted by atomic mass is 10.1. The smallest absolute Gasteiger partial charge is 0.264 e. The van der Waals surface area contributed by atoms with Crippen LogP contribution in [0.25, 0.3) is 17.4 Å². The molecular formula is C21H14Cl2N2O2S. The van der Waals surface area contributed by atoms with Crippen LogP contribution >= 0.6 is 35.0 Å². The van der Waals surface area contributed by atoms with E-state index in [2.05, 4.69) is 10.3 Å². The maximum Gasteiger partial charge on any atom is 0.264 e. The van der Waals surface area contributed by atoms with Gasteiger partial charge in [0.2, 0.25) is 0 Å². The van der Waals surface area contributed by atoms with Gasteiger partial charge in [-0.25, -0.2) is 4.99 Å². The first-order valence-corrected chi connectivity index (χ1v) is 9.97. The summed E-state index contributed by atoms with van der Waals surface area (Å²) in [5.74, 6) is 1.03. The monoisotopic (exact) mass is 428 g/mol. The number of carbonyl (C=O) groups excluding carboxylic acids is 1. The van der Waals surface area contributed by atoms with Crippen LogP contribution in [0.5, 0.6) is 0 Å². The van der Waals surface area contributed by atoms with Crippen LogP contribution in [0.2, 0.25) is 10.0 Å². The van der Waals surface area contributed by atoms with Gasteiger partial charge in [-0.1, -0.05) is 47.5 Å². The van der Waals surface area contributed by atoms with Crippen molar-refractivity contribution in [2.75, 3.05) is 0 Å². The van der Waals surface area contributed by atoms with Crippen molar-refractivity contribution >= 4 is 57.8 Å². The molecule has 1 aliphatic rings. The fourth-order valence-corrected chi connectivity index (χ4v) is 3.77. The molecule has 0 spiro atoms. The summed E-state index contributed by atoms with van der Waals surface area (Å²) in [6.07, 6.45) is 1.69. The molecule has 3 aromatic rings. The maximum absolute atomic E-state index is 12.2. The first-order chi connectivity index (χ1) is 13.5. The van der Waals surface area contributed by atoms with Gasteiger partial charge in [-0.2, -0.15) is 0 Å². The summed E-state index contributed by atoms with van der Waals surface area (Å²) in [4.78, 5) is 17.1. The number of furan rings is 1. The van der Waals surface area contributed by atoms with Crippen molar-refractivity contribution in [2.24, 2.45) is 4.99 Å². The highest BCUT2D eigenvalue weighted by molar-refractivity contribution is 8.18. The second-order valence-electron chi connectivity index (χ2n) is 6.10. The van der Waals surface area contributed by atoms with Crippen LogP contribution in [0.3, 0.4) is 0 Å². The maximum atomic E-state index is 12.2. The van der Waals surface area contributed by atoms with Crippen molar-refractivity contribution < 1.29 is 9.21 Å². The normalized spacial score (nSPS) is 16.8. The van der Waals surface area contributed by atoms with Gasteiger partial charge in [0.25, 0.3) is 5.91 Å². The molecule has 1 N–H and O–H groups in total. The van der Waals surface area contributed by atoms with Crippen molar-refractivity contribution in [3.8, 4) is 11.3 Å². The van der Waals surface area contributed by atoms with Crippen molar-refractivity contribution in [3.05, 3.63) is 80.9 Å². The molecule has 0 unspecified atom stereocenters. The summed E-state index contributed by atoms with van der Waals surface area (Å²) in [6.45, 7) is 1.95. The summed E-state index contributed by atoms with van der Waals surface area (Å²) < 4.78 is 5.86. The van der Waals surface area contributed by atoms with Crippen molar-refractivity contribution in [3.63, 3.8) is 0 Å². The van der Waals surface area contributed by atoms with E-state index in [0.29, 0.717) is 37.3 Å². The zero-order valence-electron chi connectivity index (χ0n) is 14.7. The molecule has 0 radical (unpaired) electrons. The molecule has 28 heavy (non-hydrogen) atoms. The zero-order chi connectivity index (χ0) is 19.7. The van der Waals surface area contributed by atoms with Gasteiger partial charge in [0.05, 0.1) is 15.6 Å². The van der Waals surface area contributed by atoms with Crippen LogP contribution in [0.1, 0.15) is 11.3 Å². The third-order valence-electron chi connectivity index (χ3n) is 4.08. The molecule has 0 saturated carbocycles. The summed E-state index contributed by atoms with van der Waals surface area (Å²) in [5, 5.41) is 4.42. The number of para-hydroxylation sites is 1. The zero-order valence-corrected chi connectivity index (χ0v) is 17.0. The molecule has 7 heteroatoms. The Balaban J connectivity index is 1.56. The lowest BCUT2D eigenvalue weighted by Gasteiger charge is -2.00. The summed E-state index contributed by atoms with van der Waals surface area (Å²) in [6, 6.07) is 16.6. The standard InChI is InChI=1S/C21H14Cl2N2O2S/c1-12-6-7-13(10-16(12)23)18-9-8-14(27-18)11-19-20(26)25-21(28-19)24-17-5-3-2-4-15(17)22/h2-11H,1H3,(H,24,25,26). The molecule has 1 saturated heterocycles. The fourth-order valence-electron chi connectivity index (χ4n) is 2.59. The molecule has 4 rings (SSSR count). The number of amides is 1. The SMILES string of the molecule is Cc1ccc(-c2ccc(C=C3SC(=Nc4ccccc4Cl)NC3=O)o2)cc1Cl. The lowest BCUT2D eigenvalue weighted by molar-refractivity contribution is -0.115. The highest BCUT2D eigenvalue weighted by Crippen LogP contribution is 2.32. The number of halogens is 2. The highest BCUT2D eigenvalue weighted by atomic mass is 35.5. The second kappa shape index (κ2) is 7.87. The second-order valence-corrected chi connectivity index (χ2v) is 7.94. The van der Waals surface area contributed by atoms with Crippen LogP contribution in [0.4, 0.5) is 5.69 Å². The number of hydrogen-bond acceptors (Lipinski definition) is 4. The average Bonchev–Trinajstić information content (AvgIpc) is 3.27. The molecule has 1 amide bonds. The largest absolute Gasteiger partial charge is 0.457 e. The Morgan fingerprint density at radius 2 is 1.89 bits per heavy atom. The van der Waals surface area contributed by atoms with Crippen LogP contribution < -0.4 is 5.32 Å². The van der Waals surface area contributed by atoms with E-state index in [4.69, 9.17) is 27.6 Å². The topological polar surface area (TPSA) is 54.6 Å². The van der Waals surface area contributed by atoms with E-state index in [-0.39, 0.29) is 5.91 Å². The Labute approximate surface area is 176 Å². The fraction of sp³-hybridized carbons (Fsp3) is 0.0476. The first kappa shape index (κ1) is 18.9. The lowest BCUT2D eigenvalue weighted by Crippen LogP contribution is -2.19. The minimum atomic E-state index is -0.230. The number of rotatable bonds is 3. The van der Waals surface area contributed by atoms with Gasteiger partial charge < -0.3 is 9.73 Å². The number of amidine groups is 1. The number of thioether (sulfide) groups is 1. The van der Waals surface area contributed by atoms with Gasteiger partial charge in [-0.15, -0.1) is 0 Å². The molecule has 4 nitrogen and oxygen atoms in total. The number of nitrogens with one attached hydrogen (secondary N) is 1. The number of hydrogen-bond donors (Lipinski definition) is 1. The van der Waals surface area contributed by atoms with E-state index in [1.165, 1.54) is 11.8 Å². The summed E-state index contributed by atoms with van der Waals surface area (Å²) in [7, 11) is 0. The summed E-state index contributed by atoms with van der Waals surface area (Å²) >= 11 is 13.5. The Kier molecular flexibility index (Phi) is 5.31. The molecule has 1 aliphatic heterocycles. The van der Waals surface area contributed by atoms with Crippen molar-refractivity contribution in [1.82, 2.24) is 5.32 Å². The van der Waals surface area contributed by atoms with Crippen LogP contribution in [0, 0.1) is 6.92 Å². The van der Waals surface area contributed by atoms with Gasteiger partial charge in [0.15, 0.2) is 5.17 Å². The average molecular weight is 429 g/mol. The quantitative estimate of drug-likeness (QED) is 0.487. The molecule has 0 aliphatic carbocycles. The van der Waals surface area contributed by atoms with E-state index in [1.54, 1.807) is 18.2 Å². The predicted octanol–water partition coefficient (Wildman–Crippen LogP) is 6.45. The van der Waals surface area contributed by atoms with E-state index >= 15 is 0 Å².